The molecule has 0 saturated heterocycles. The Labute approximate surface area is 116 Å². The maximum atomic E-state index is 13.5. The Morgan fingerprint density at radius 1 is 1.37 bits per heavy atom. The monoisotopic (exact) mass is 264 g/mol. The lowest BCUT2D eigenvalue weighted by molar-refractivity contribution is 0.612. The van der Waals surface area contributed by atoms with Crippen molar-refractivity contribution in [2.75, 3.05) is 18.0 Å². The SMILES string of the molecule is CCNCc1cc(F)ccc1N(CC1CC1)C(C)C. The Bertz CT molecular complexity index is 413. The van der Waals surface area contributed by atoms with Gasteiger partial charge in [0.05, 0.1) is 0 Å². The highest BCUT2D eigenvalue weighted by molar-refractivity contribution is 5.54. The highest BCUT2D eigenvalue weighted by Crippen LogP contribution is 2.33. The summed E-state index contributed by atoms with van der Waals surface area (Å²) in [6, 6.07) is 5.63. The highest BCUT2D eigenvalue weighted by Gasteiger charge is 2.26. The third-order valence-electron chi connectivity index (χ3n) is 3.69. The molecule has 0 amide bonds. The number of rotatable bonds is 7. The summed E-state index contributed by atoms with van der Waals surface area (Å²) in [4.78, 5) is 2.42. The first kappa shape index (κ1) is 14.3. The standard InChI is InChI=1S/C16H25FN2/c1-4-18-10-14-9-15(17)7-8-16(14)19(12(2)3)11-13-5-6-13/h7-9,12-13,18H,4-6,10-11H2,1-3H3. The van der Waals surface area contributed by atoms with E-state index in [1.807, 2.05) is 6.07 Å². The molecule has 19 heavy (non-hydrogen) atoms. The largest absolute Gasteiger partial charge is 0.369 e. The van der Waals surface area contributed by atoms with Crippen molar-refractivity contribution in [1.82, 2.24) is 5.32 Å². The molecule has 106 valence electrons. The summed E-state index contributed by atoms with van der Waals surface area (Å²) in [6.45, 7) is 9.23. The fourth-order valence-corrected chi connectivity index (χ4v) is 2.40. The zero-order valence-electron chi connectivity index (χ0n) is 12.2. The number of hydrogen-bond donors (Lipinski definition) is 1. The van der Waals surface area contributed by atoms with Crippen molar-refractivity contribution in [3.05, 3.63) is 29.6 Å². The van der Waals surface area contributed by atoms with Gasteiger partial charge in [0.2, 0.25) is 0 Å². The smallest absolute Gasteiger partial charge is 0.123 e. The van der Waals surface area contributed by atoms with Crippen molar-refractivity contribution in [2.45, 2.75) is 46.2 Å². The van der Waals surface area contributed by atoms with Crippen LogP contribution < -0.4 is 10.2 Å². The summed E-state index contributed by atoms with van der Waals surface area (Å²) >= 11 is 0. The van der Waals surface area contributed by atoms with E-state index >= 15 is 0 Å². The molecule has 2 rings (SSSR count). The van der Waals surface area contributed by atoms with Crippen molar-refractivity contribution in [3.8, 4) is 0 Å². The first-order chi connectivity index (χ1) is 9.11. The number of benzene rings is 1. The van der Waals surface area contributed by atoms with Crippen LogP contribution in [-0.4, -0.2) is 19.1 Å². The minimum atomic E-state index is -0.146. The molecule has 0 aromatic heterocycles. The Balaban J connectivity index is 2.22. The molecule has 0 atom stereocenters. The molecule has 1 aromatic carbocycles. The van der Waals surface area contributed by atoms with Gasteiger partial charge in [0.15, 0.2) is 0 Å². The van der Waals surface area contributed by atoms with Crippen LogP contribution in [-0.2, 0) is 6.54 Å². The van der Waals surface area contributed by atoms with Gasteiger partial charge in [-0.05, 0) is 62.9 Å². The van der Waals surface area contributed by atoms with E-state index in [1.165, 1.54) is 18.5 Å². The maximum Gasteiger partial charge on any atom is 0.123 e. The Kier molecular flexibility index (Phi) is 4.81. The van der Waals surface area contributed by atoms with Crippen LogP contribution in [0.15, 0.2) is 18.2 Å². The first-order valence-electron chi connectivity index (χ1n) is 7.37. The van der Waals surface area contributed by atoms with E-state index in [4.69, 9.17) is 0 Å². The molecule has 0 heterocycles. The minimum Gasteiger partial charge on any atom is -0.369 e. The summed E-state index contributed by atoms with van der Waals surface area (Å²) in [6.07, 6.45) is 2.68. The summed E-state index contributed by atoms with van der Waals surface area (Å²) in [5, 5.41) is 3.30. The van der Waals surface area contributed by atoms with Crippen molar-refractivity contribution >= 4 is 5.69 Å². The van der Waals surface area contributed by atoms with E-state index in [9.17, 15) is 4.39 Å². The fraction of sp³-hybridized carbons (Fsp3) is 0.625. The van der Waals surface area contributed by atoms with Gasteiger partial charge in [-0.3, -0.25) is 0 Å². The Morgan fingerprint density at radius 3 is 2.68 bits per heavy atom. The van der Waals surface area contributed by atoms with E-state index in [-0.39, 0.29) is 5.82 Å². The van der Waals surface area contributed by atoms with E-state index < -0.39 is 0 Å². The molecule has 1 N–H and O–H groups in total. The first-order valence-corrected chi connectivity index (χ1v) is 7.37. The predicted molar refractivity (Wildman–Crippen MR) is 79.0 cm³/mol. The number of halogens is 1. The molecule has 3 heteroatoms. The second kappa shape index (κ2) is 6.38. The third kappa shape index (κ3) is 3.93. The van der Waals surface area contributed by atoms with Gasteiger partial charge in [-0.15, -0.1) is 0 Å². The highest BCUT2D eigenvalue weighted by atomic mass is 19.1. The van der Waals surface area contributed by atoms with Crippen LogP contribution in [0.2, 0.25) is 0 Å². The molecular formula is C16H25FN2. The molecule has 0 bridgehead atoms. The quantitative estimate of drug-likeness (QED) is 0.810. The number of anilines is 1. The minimum absolute atomic E-state index is 0.146. The topological polar surface area (TPSA) is 15.3 Å². The normalized spacial score (nSPS) is 15.0. The van der Waals surface area contributed by atoms with Gasteiger partial charge in [0.25, 0.3) is 0 Å². The zero-order valence-corrected chi connectivity index (χ0v) is 12.2. The number of nitrogens with one attached hydrogen (secondary N) is 1. The molecule has 1 aromatic rings. The third-order valence-corrected chi connectivity index (χ3v) is 3.69. The summed E-state index contributed by atoms with van der Waals surface area (Å²) in [5.41, 5.74) is 2.25. The summed E-state index contributed by atoms with van der Waals surface area (Å²) < 4.78 is 13.5. The molecule has 0 unspecified atom stereocenters. The van der Waals surface area contributed by atoms with Crippen LogP contribution >= 0.6 is 0 Å². The summed E-state index contributed by atoms with van der Waals surface area (Å²) in [5.74, 6) is 0.686. The second-order valence-corrected chi connectivity index (χ2v) is 5.74. The zero-order chi connectivity index (χ0) is 13.8. The Morgan fingerprint density at radius 2 is 2.11 bits per heavy atom. The average Bonchev–Trinajstić information content (AvgIpc) is 3.18. The van der Waals surface area contributed by atoms with E-state index in [1.54, 1.807) is 12.1 Å². The van der Waals surface area contributed by atoms with Crippen molar-refractivity contribution in [3.63, 3.8) is 0 Å². The second-order valence-electron chi connectivity index (χ2n) is 5.74. The van der Waals surface area contributed by atoms with Crippen molar-refractivity contribution in [1.29, 1.82) is 0 Å². The molecule has 1 aliphatic rings. The lowest BCUT2D eigenvalue weighted by Crippen LogP contribution is -2.34. The number of hydrogen-bond acceptors (Lipinski definition) is 2. The van der Waals surface area contributed by atoms with Crippen LogP contribution in [0.3, 0.4) is 0 Å². The molecule has 1 aliphatic carbocycles. The molecule has 0 aliphatic heterocycles. The van der Waals surface area contributed by atoms with Gasteiger partial charge in [0.1, 0.15) is 5.82 Å². The fourth-order valence-electron chi connectivity index (χ4n) is 2.40. The Hall–Kier alpha value is -1.09. The van der Waals surface area contributed by atoms with E-state index in [0.717, 1.165) is 31.1 Å². The number of nitrogens with zero attached hydrogens (tertiary/aromatic N) is 1. The van der Waals surface area contributed by atoms with E-state index in [2.05, 4.69) is 31.0 Å². The van der Waals surface area contributed by atoms with Gasteiger partial charge in [0, 0.05) is 24.8 Å². The van der Waals surface area contributed by atoms with Crippen molar-refractivity contribution < 1.29 is 4.39 Å². The molecule has 1 saturated carbocycles. The van der Waals surface area contributed by atoms with Crippen LogP contribution in [0.25, 0.3) is 0 Å². The van der Waals surface area contributed by atoms with Crippen LogP contribution in [0.4, 0.5) is 10.1 Å². The summed E-state index contributed by atoms with van der Waals surface area (Å²) in [7, 11) is 0. The van der Waals surface area contributed by atoms with Gasteiger partial charge in [-0.1, -0.05) is 6.92 Å². The van der Waals surface area contributed by atoms with Crippen LogP contribution in [0.5, 0.6) is 0 Å². The molecule has 2 nitrogen and oxygen atoms in total. The predicted octanol–water partition coefficient (Wildman–Crippen LogP) is 3.56. The lowest BCUT2D eigenvalue weighted by atomic mass is 10.1. The van der Waals surface area contributed by atoms with Gasteiger partial charge >= 0.3 is 0 Å². The molecule has 0 spiro atoms. The molecule has 0 radical (unpaired) electrons. The van der Waals surface area contributed by atoms with Gasteiger partial charge in [-0.25, -0.2) is 4.39 Å². The van der Waals surface area contributed by atoms with Gasteiger partial charge < -0.3 is 10.2 Å². The molecule has 1 fully saturated rings. The lowest BCUT2D eigenvalue weighted by Gasteiger charge is -2.31. The average molecular weight is 264 g/mol. The van der Waals surface area contributed by atoms with Gasteiger partial charge in [-0.2, -0.15) is 0 Å². The van der Waals surface area contributed by atoms with Crippen LogP contribution in [0, 0.1) is 11.7 Å². The van der Waals surface area contributed by atoms with E-state index in [0.29, 0.717) is 6.04 Å². The molecular weight excluding hydrogens is 239 g/mol. The maximum absolute atomic E-state index is 13.5. The van der Waals surface area contributed by atoms with Crippen molar-refractivity contribution in [2.24, 2.45) is 5.92 Å². The van der Waals surface area contributed by atoms with Crippen LogP contribution in [0.1, 0.15) is 39.2 Å².